The number of piperidine rings is 1. The molecule has 0 bridgehead atoms. The molecule has 1 fully saturated rings. The van der Waals surface area contributed by atoms with Crippen molar-refractivity contribution in [2.75, 3.05) is 13.1 Å². The Bertz CT molecular complexity index is 1090. The second kappa shape index (κ2) is 7.83. The summed E-state index contributed by atoms with van der Waals surface area (Å²) in [4.78, 5) is 14.6. The number of carbonyl (C=O) groups excluding carboxylic acids is 1. The van der Waals surface area contributed by atoms with Gasteiger partial charge in [-0.25, -0.2) is 12.8 Å². The second-order valence-corrected chi connectivity index (χ2v) is 9.38. The molecule has 4 rings (SSSR count). The molecule has 1 aliphatic rings. The van der Waals surface area contributed by atoms with E-state index < -0.39 is 20.9 Å². The van der Waals surface area contributed by atoms with Crippen LogP contribution in [-0.2, 0) is 9.84 Å². The zero-order chi connectivity index (χ0) is 20.4. The number of rotatable bonds is 4. The number of hydrogen-bond donors (Lipinski definition) is 0. The number of sulfone groups is 1. The highest BCUT2D eigenvalue weighted by Crippen LogP contribution is 2.25. The van der Waals surface area contributed by atoms with Crippen LogP contribution in [-0.4, -0.2) is 42.1 Å². The minimum atomic E-state index is -3.63. The van der Waals surface area contributed by atoms with Crippen LogP contribution >= 0.6 is 0 Å². The van der Waals surface area contributed by atoms with Gasteiger partial charge in [-0.2, -0.15) is 0 Å². The average Bonchev–Trinajstić information content (AvgIpc) is 3.29. The molecule has 1 aliphatic heterocycles. The summed E-state index contributed by atoms with van der Waals surface area (Å²) in [5.41, 5.74) is 1.47. The Morgan fingerprint density at radius 1 is 0.966 bits per heavy atom. The molecule has 0 spiro atoms. The van der Waals surface area contributed by atoms with Crippen LogP contribution in [0.5, 0.6) is 0 Å². The van der Waals surface area contributed by atoms with Crippen LogP contribution in [0, 0.1) is 5.82 Å². The molecule has 7 heteroatoms. The van der Waals surface area contributed by atoms with Crippen molar-refractivity contribution in [1.29, 1.82) is 0 Å². The highest BCUT2D eigenvalue weighted by Gasteiger charge is 2.34. The van der Waals surface area contributed by atoms with Crippen molar-refractivity contribution in [3.8, 4) is 5.69 Å². The Labute approximate surface area is 169 Å². The molecule has 0 saturated carbocycles. The Hall–Kier alpha value is -2.93. The van der Waals surface area contributed by atoms with Gasteiger partial charge in [0.15, 0.2) is 9.84 Å². The average molecular weight is 412 g/mol. The van der Waals surface area contributed by atoms with E-state index in [4.69, 9.17) is 0 Å². The van der Waals surface area contributed by atoms with Crippen LogP contribution in [0.2, 0.25) is 0 Å². The molecule has 1 saturated heterocycles. The van der Waals surface area contributed by atoms with E-state index in [0.717, 1.165) is 17.8 Å². The maximum absolute atomic E-state index is 13.1. The molecule has 3 aromatic rings. The molecule has 2 heterocycles. The third kappa shape index (κ3) is 3.96. The molecule has 1 amide bonds. The number of hydrogen-bond acceptors (Lipinski definition) is 3. The third-order valence-electron chi connectivity index (χ3n) is 5.26. The van der Waals surface area contributed by atoms with Crippen LogP contribution in [0.15, 0.2) is 78.0 Å². The van der Waals surface area contributed by atoms with Gasteiger partial charge in [-0.3, -0.25) is 4.79 Å². The molecule has 1 aromatic heterocycles. The van der Waals surface area contributed by atoms with Crippen LogP contribution in [0.3, 0.4) is 0 Å². The molecule has 1 atom stereocenters. The van der Waals surface area contributed by atoms with Gasteiger partial charge in [-0.15, -0.1) is 0 Å². The lowest BCUT2D eigenvalue weighted by molar-refractivity contribution is 0.0727. The quantitative estimate of drug-likeness (QED) is 0.614. The monoisotopic (exact) mass is 412 g/mol. The van der Waals surface area contributed by atoms with E-state index >= 15 is 0 Å². The molecule has 1 unspecified atom stereocenters. The smallest absolute Gasteiger partial charge is 0.253 e. The second-order valence-electron chi connectivity index (χ2n) is 7.15. The highest BCUT2D eigenvalue weighted by molar-refractivity contribution is 7.92. The Morgan fingerprint density at radius 3 is 2.28 bits per heavy atom. The topological polar surface area (TPSA) is 59.4 Å². The van der Waals surface area contributed by atoms with E-state index in [-0.39, 0.29) is 17.3 Å². The Balaban J connectivity index is 1.50. The fraction of sp³-hybridized carbons (Fsp3) is 0.227. The van der Waals surface area contributed by atoms with Gasteiger partial charge >= 0.3 is 0 Å². The minimum absolute atomic E-state index is 0.0919. The van der Waals surface area contributed by atoms with E-state index in [9.17, 15) is 17.6 Å². The summed E-state index contributed by atoms with van der Waals surface area (Å²) >= 11 is 0. The van der Waals surface area contributed by atoms with E-state index in [1.54, 1.807) is 17.0 Å². The third-order valence-corrected chi connectivity index (χ3v) is 7.45. The van der Waals surface area contributed by atoms with E-state index in [1.165, 1.54) is 12.1 Å². The van der Waals surface area contributed by atoms with Gasteiger partial charge in [0.05, 0.1) is 10.1 Å². The van der Waals surface area contributed by atoms with Gasteiger partial charge in [0.25, 0.3) is 5.91 Å². The summed E-state index contributed by atoms with van der Waals surface area (Å²) in [5, 5.41) is -0.690. The standard InChI is InChI=1S/C22H21FN2O3S/c23-18-7-11-20(12-8-18)29(27,28)21-4-3-15-25(16-21)22(26)17-5-9-19(10-6-17)24-13-1-2-14-24/h1-2,5-14,21H,3-4,15-16H2. The van der Waals surface area contributed by atoms with Crippen molar-refractivity contribution in [3.05, 3.63) is 84.4 Å². The normalized spacial score (nSPS) is 17.3. The molecular formula is C22H21FN2O3S. The van der Waals surface area contributed by atoms with Crippen LogP contribution < -0.4 is 0 Å². The predicted octanol–water partition coefficient (Wildman–Crippen LogP) is 3.69. The summed E-state index contributed by atoms with van der Waals surface area (Å²) in [7, 11) is -3.63. The van der Waals surface area contributed by atoms with Gasteiger partial charge in [0, 0.05) is 36.7 Å². The highest BCUT2D eigenvalue weighted by atomic mass is 32.2. The van der Waals surface area contributed by atoms with Crippen molar-refractivity contribution in [2.24, 2.45) is 0 Å². The first kappa shape index (κ1) is 19.4. The fourth-order valence-electron chi connectivity index (χ4n) is 3.66. The van der Waals surface area contributed by atoms with E-state index in [1.807, 2.05) is 41.2 Å². The first-order valence-corrected chi connectivity index (χ1v) is 11.0. The van der Waals surface area contributed by atoms with Crippen LogP contribution in [0.4, 0.5) is 4.39 Å². The number of benzene rings is 2. The molecular weight excluding hydrogens is 391 g/mol. The molecule has 29 heavy (non-hydrogen) atoms. The van der Waals surface area contributed by atoms with Gasteiger partial charge in [0.2, 0.25) is 0 Å². The lowest BCUT2D eigenvalue weighted by Crippen LogP contribution is -2.45. The van der Waals surface area contributed by atoms with Crippen molar-refractivity contribution >= 4 is 15.7 Å². The molecule has 0 aliphatic carbocycles. The van der Waals surface area contributed by atoms with E-state index in [2.05, 4.69) is 0 Å². The van der Waals surface area contributed by atoms with Crippen molar-refractivity contribution in [2.45, 2.75) is 23.0 Å². The molecule has 2 aromatic carbocycles. The molecule has 150 valence electrons. The first-order valence-electron chi connectivity index (χ1n) is 9.47. The number of nitrogens with zero attached hydrogens (tertiary/aromatic N) is 2. The fourth-order valence-corrected chi connectivity index (χ4v) is 5.41. The summed E-state index contributed by atoms with van der Waals surface area (Å²) in [6, 6.07) is 16.0. The minimum Gasteiger partial charge on any atom is -0.337 e. The first-order chi connectivity index (χ1) is 13.9. The largest absolute Gasteiger partial charge is 0.337 e. The zero-order valence-corrected chi connectivity index (χ0v) is 16.6. The lowest BCUT2D eigenvalue weighted by Gasteiger charge is -2.32. The maximum atomic E-state index is 13.1. The van der Waals surface area contributed by atoms with E-state index in [0.29, 0.717) is 24.9 Å². The predicted molar refractivity (Wildman–Crippen MR) is 108 cm³/mol. The van der Waals surface area contributed by atoms with Crippen molar-refractivity contribution in [1.82, 2.24) is 9.47 Å². The SMILES string of the molecule is O=C(c1ccc(-n2cccc2)cc1)N1CCCC(S(=O)(=O)c2ccc(F)cc2)C1. The van der Waals surface area contributed by atoms with Gasteiger partial charge in [-0.05, 0) is 73.5 Å². The number of amides is 1. The zero-order valence-electron chi connectivity index (χ0n) is 15.7. The summed E-state index contributed by atoms with van der Waals surface area (Å²) in [6.07, 6.45) is 4.94. The Kier molecular flexibility index (Phi) is 5.24. The van der Waals surface area contributed by atoms with Gasteiger partial charge < -0.3 is 9.47 Å². The summed E-state index contributed by atoms with van der Waals surface area (Å²) < 4.78 is 40.9. The summed E-state index contributed by atoms with van der Waals surface area (Å²) in [5.74, 6) is -0.657. The van der Waals surface area contributed by atoms with Crippen molar-refractivity contribution in [3.63, 3.8) is 0 Å². The van der Waals surface area contributed by atoms with Crippen LogP contribution in [0.1, 0.15) is 23.2 Å². The Morgan fingerprint density at radius 2 is 1.62 bits per heavy atom. The number of carbonyl (C=O) groups is 1. The molecule has 0 N–H and O–H groups in total. The van der Waals surface area contributed by atoms with Gasteiger partial charge in [0.1, 0.15) is 5.82 Å². The maximum Gasteiger partial charge on any atom is 0.253 e. The molecule has 5 nitrogen and oxygen atoms in total. The summed E-state index contributed by atoms with van der Waals surface area (Å²) in [6.45, 7) is 0.658. The van der Waals surface area contributed by atoms with Crippen molar-refractivity contribution < 1.29 is 17.6 Å². The number of likely N-dealkylation sites (tertiary alicyclic amines) is 1. The van der Waals surface area contributed by atoms with Gasteiger partial charge in [-0.1, -0.05) is 0 Å². The lowest BCUT2D eigenvalue weighted by atomic mass is 10.1. The van der Waals surface area contributed by atoms with Crippen LogP contribution in [0.25, 0.3) is 5.69 Å². The number of aromatic nitrogens is 1. The number of halogens is 1. The molecule has 0 radical (unpaired) electrons.